The molecule has 0 fully saturated rings. The van der Waals surface area contributed by atoms with Gasteiger partial charge in [-0.2, -0.15) is 5.26 Å². The third kappa shape index (κ3) is 5.55. The van der Waals surface area contributed by atoms with Gasteiger partial charge in [0.1, 0.15) is 29.7 Å². The summed E-state index contributed by atoms with van der Waals surface area (Å²) in [6, 6.07) is 22.9. The third-order valence-corrected chi connectivity index (χ3v) is 4.42. The number of nitrogens with zero attached hydrogens (tertiary/aromatic N) is 2. The lowest BCUT2D eigenvalue weighted by Gasteiger charge is -2.10. The Kier molecular flexibility index (Phi) is 6.76. The van der Waals surface area contributed by atoms with Crippen LogP contribution in [0.4, 0.5) is 11.4 Å². The number of ether oxygens (including phenoxy) is 1. The Balaban J connectivity index is 1.83. The number of para-hydroxylation sites is 1. The van der Waals surface area contributed by atoms with Crippen LogP contribution in [0.15, 0.2) is 78.4 Å². The molecule has 0 spiro atoms. The molecule has 0 unspecified atom stereocenters. The fraction of sp³-hybridized carbons (Fsp3) is 0.0833. The maximum atomic E-state index is 12.6. The van der Waals surface area contributed by atoms with Crippen molar-refractivity contribution in [3.05, 3.63) is 105 Å². The summed E-state index contributed by atoms with van der Waals surface area (Å²) < 4.78 is 5.86. The summed E-state index contributed by atoms with van der Waals surface area (Å²) in [6.45, 7) is 2.04. The van der Waals surface area contributed by atoms with E-state index in [9.17, 15) is 20.2 Å². The normalized spacial score (nSPS) is 10.8. The zero-order chi connectivity index (χ0) is 22.2. The Morgan fingerprint density at radius 2 is 1.84 bits per heavy atom. The molecule has 3 rings (SSSR count). The van der Waals surface area contributed by atoms with E-state index < -0.39 is 10.8 Å². The standard InChI is InChI=1S/C24H19N3O4/c1-17-11-12-21(22(13-17)27(29)30)26-24(28)20(15-25)14-19-9-5-6-10-23(19)31-16-18-7-3-2-4-8-18/h2-14H,16H2,1H3,(H,26,28)/b20-14+. The van der Waals surface area contributed by atoms with Crippen LogP contribution in [0.1, 0.15) is 16.7 Å². The van der Waals surface area contributed by atoms with Crippen molar-refractivity contribution >= 4 is 23.4 Å². The number of anilines is 1. The quantitative estimate of drug-likeness (QED) is 0.253. The minimum atomic E-state index is -0.743. The number of hydrogen-bond donors (Lipinski definition) is 1. The maximum absolute atomic E-state index is 12.6. The maximum Gasteiger partial charge on any atom is 0.293 e. The largest absolute Gasteiger partial charge is 0.488 e. The average Bonchev–Trinajstić information content (AvgIpc) is 2.78. The first-order valence-corrected chi connectivity index (χ1v) is 9.42. The van der Waals surface area contributed by atoms with Gasteiger partial charge in [-0.15, -0.1) is 0 Å². The minimum absolute atomic E-state index is 0.0235. The zero-order valence-electron chi connectivity index (χ0n) is 16.7. The summed E-state index contributed by atoms with van der Waals surface area (Å²) in [5.74, 6) is -0.236. The van der Waals surface area contributed by atoms with Crippen molar-refractivity contribution in [3.8, 4) is 11.8 Å². The second-order valence-electron chi connectivity index (χ2n) is 6.71. The highest BCUT2D eigenvalue weighted by molar-refractivity contribution is 6.10. The highest BCUT2D eigenvalue weighted by Gasteiger charge is 2.18. The molecule has 0 heterocycles. The highest BCUT2D eigenvalue weighted by atomic mass is 16.6. The van der Waals surface area contributed by atoms with E-state index in [-0.39, 0.29) is 16.9 Å². The highest BCUT2D eigenvalue weighted by Crippen LogP contribution is 2.27. The minimum Gasteiger partial charge on any atom is -0.488 e. The topological polar surface area (TPSA) is 105 Å². The molecular formula is C24H19N3O4. The van der Waals surface area contributed by atoms with E-state index in [1.54, 1.807) is 37.3 Å². The van der Waals surface area contributed by atoms with Crippen LogP contribution in [-0.2, 0) is 11.4 Å². The predicted molar refractivity (Wildman–Crippen MR) is 117 cm³/mol. The Morgan fingerprint density at radius 3 is 2.55 bits per heavy atom. The van der Waals surface area contributed by atoms with Crippen LogP contribution in [0.3, 0.4) is 0 Å². The molecule has 0 atom stereocenters. The number of amides is 1. The van der Waals surface area contributed by atoms with Gasteiger partial charge in [0.15, 0.2) is 0 Å². The van der Waals surface area contributed by atoms with E-state index in [2.05, 4.69) is 5.32 Å². The van der Waals surface area contributed by atoms with Crippen LogP contribution in [0.2, 0.25) is 0 Å². The fourth-order valence-corrected chi connectivity index (χ4v) is 2.86. The number of rotatable bonds is 7. The Hall–Kier alpha value is -4.44. The lowest BCUT2D eigenvalue weighted by molar-refractivity contribution is -0.384. The van der Waals surface area contributed by atoms with Crippen molar-refractivity contribution in [1.29, 1.82) is 5.26 Å². The predicted octanol–water partition coefficient (Wildman–Crippen LogP) is 5.03. The van der Waals surface area contributed by atoms with Gasteiger partial charge in [0.25, 0.3) is 11.6 Å². The molecule has 0 aromatic heterocycles. The Morgan fingerprint density at radius 1 is 1.13 bits per heavy atom. The third-order valence-electron chi connectivity index (χ3n) is 4.42. The number of nitro benzene ring substituents is 1. The van der Waals surface area contributed by atoms with Gasteiger partial charge in [-0.3, -0.25) is 14.9 Å². The van der Waals surface area contributed by atoms with Crippen molar-refractivity contribution in [3.63, 3.8) is 0 Å². The second kappa shape index (κ2) is 9.85. The second-order valence-corrected chi connectivity index (χ2v) is 6.71. The van der Waals surface area contributed by atoms with E-state index in [4.69, 9.17) is 4.74 Å². The van der Waals surface area contributed by atoms with Gasteiger partial charge in [-0.1, -0.05) is 54.6 Å². The molecule has 3 aromatic carbocycles. The molecule has 0 radical (unpaired) electrons. The molecule has 31 heavy (non-hydrogen) atoms. The summed E-state index contributed by atoms with van der Waals surface area (Å²) >= 11 is 0. The number of benzene rings is 3. The Bertz CT molecular complexity index is 1180. The van der Waals surface area contributed by atoms with E-state index in [0.29, 0.717) is 23.5 Å². The number of carbonyl (C=O) groups is 1. The SMILES string of the molecule is Cc1ccc(NC(=O)/C(C#N)=C/c2ccccc2OCc2ccccc2)c([N+](=O)[O-])c1. The lowest BCUT2D eigenvalue weighted by Crippen LogP contribution is -2.14. The number of carbonyl (C=O) groups excluding carboxylic acids is 1. The molecule has 0 aliphatic heterocycles. The van der Waals surface area contributed by atoms with Gasteiger partial charge in [0.2, 0.25) is 0 Å². The molecule has 0 saturated carbocycles. The number of nitro groups is 1. The van der Waals surface area contributed by atoms with Gasteiger partial charge in [-0.05, 0) is 36.3 Å². The molecule has 7 nitrogen and oxygen atoms in total. The zero-order valence-corrected chi connectivity index (χ0v) is 16.7. The summed E-state index contributed by atoms with van der Waals surface area (Å²) in [5.41, 5.74) is 1.79. The van der Waals surface area contributed by atoms with E-state index >= 15 is 0 Å². The molecule has 7 heteroatoms. The van der Waals surface area contributed by atoms with Gasteiger partial charge in [0.05, 0.1) is 4.92 Å². The summed E-state index contributed by atoms with van der Waals surface area (Å²) in [4.78, 5) is 23.3. The van der Waals surface area contributed by atoms with Crippen LogP contribution in [0, 0.1) is 28.4 Å². The average molecular weight is 413 g/mol. The van der Waals surface area contributed by atoms with E-state index in [0.717, 1.165) is 5.56 Å². The van der Waals surface area contributed by atoms with Crippen LogP contribution in [0.5, 0.6) is 5.75 Å². The molecule has 0 bridgehead atoms. The molecule has 0 aliphatic rings. The number of aryl methyl sites for hydroxylation is 1. The fourth-order valence-electron chi connectivity index (χ4n) is 2.86. The van der Waals surface area contributed by atoms with Crippen molar-refractivity contribution in [1.82, 2.24) is 0 Å². The van der Waals surface area contributed by atoms with Crippen molar-refractivity contribution in [2.24, 2.45) is 0 Å². The van der Waals surface area contributed by atoms with Gasteiger partial charge in [-0.25, -0.2) is 0 Å². The first kappa shape index (κ1) is 21.3. The first-order valence-electron chi connectivity index (χ1n) is 9.42. The van der Waals surface area contributed by atoms with Crippen molar-refractivity contribution < 1.29 is 14.5 Å². The molecule has 1 N–H and O–H groups in total. The van der Waals surface area contributed by atoms with Gasteiger partial charge in [0, 0.05) is 11.6 Å². The first-order chi connectivity index (χ1) is 15.0. The monoisotopic (exact) mass is 413 g/mol. The van der Waals surface area contributed by atoms with Crippen molar-refractivity contribution in [2.45, 2.75) is 13.5 Å². The van der Waals surface area contributed by atoms with E-state index in [1.807, 2.05) is 36.4 Å². The smallest absolute Gasteiger partial charge is 0.293 e. The van der Waals surface area contributed by atoms with E-state index in [1.165, 1.54) is 18.2 Å². The molecule has 3 aromatic rings. The summed E-state index contributed by atoms with van der Waals surface area (Å²) in [5, 5.41) is 23.2. The van der Waals surface area contributed by atoms with Crippen LogP contribution < -0.4 is 10.1 Å². The number of nitriles is 1. The van der Waals surface area contributed by atoms with Gasteiger partial charge >= 0.3 is 0 Å². The number of hydrogen-bond acceptors (Lipinski definition) is 5. The molecule has 0 saturated heterocycles. The van der Waals surface area contributed by atoms with Gasteiger partial charge < -0.3 is 10.1 Å². The van der Waals surface area contributed by atoms with Crippen LogP contribution in [0.25, 0.3) is 6.08 Å². The Labute approximate surface area is 179 Å². The molecule has 154 valence electrons. The summed E-state index contributed by atoms with van der Waals surface area (Å²) in [6.07, 6.45) is 1.40. The number of nitrogens with one attached hydrogen (secondary N) is 1. The summed E-state index contributed by atoms with van der Waals surface area (Å²) in [7, 11) is 0. The molecular weight excluding hydrogens is 394 g/mol. The lowest BCUT2D eigenvalue weighted by atomic mass is 10.1. The molecule has 1 amide bonds. The van der Waals surface area contributed by atoms with Crippen molar-refractivity contribution in [2.75, 3.05) is 5.32 Å². The molecule has 0 aliphatic carbocycles. The van der Waals surface area contributed by atoms with Crippen LogP contribution in [-0.4, -0.2) is 10.8 Å². The van der Waals surface area contributed by atoms with Crippen LogP contribution >= 0.6 is 0 Å².